The minimum atomic E-state index is -0.698. The van der Waals surface area contributed by atoms with Gasteiger partial charge in [0.25, 0.3) is 11.8 Å². The maximum Gasteiger partial charge on any atom is 0.332 e. The summed E-state index contributed by atoms with van der Waals surface area (Å²) in [5.41, 5.74) is 0.174. The minimum Gasteiger partial charge on any atom is -0.330 e. The zero-order valence-corrected chi connectivity index (χ0v) is 8.86. The average molecular weight is 221 g/mol. The van der Waals surface area contributed by atoms with Crippen molar-refractivity contribution < 1.29 is 19.2 Å². The van der Waals surface area contributed by atoms with Crippen LogP contribution in [0.4, 0.5) is 0 Å². The fraction of sp³-hybridized carbons (Fsp3) is 0.182. The number of amides is 2. The van der Waals surface area contributed by atoms with Crippen LogP contribution in [0.5, 0.6) is 0 Å². The van der Waals surface area contributed by atoms with Gasteiger partial charge in [0.1, 0.15) is 0 Å². The van der Waals surface area contributed by atoms with E-state index in [1.807, 2.05) is 0 Å². The van der Waals surface area contributed by atoms with Gasteiger partial charge in [-0.05, 0) is 0 Å². The summed E-state index contributed by atoms with van der Waals surface area (Å²) in [6.45, 7) is 8.39. The first-order chi connectivity index (χ1) is 7.56. The Bertz CT molecular complexity index is 390. The maximum absolute atomic E-state index is 11.6. The molecule has 0 aromatic heterocycles. The van der Waals surface area contributed by atoms with Crippen LogP contribution in [0.2, 0.25) is 0 Å². The van der Waals surface area contributed by atoms with Crippen molar-refractivity contribution in [3.8, 4) is 0 Å². The van der Waals surface area contributed by atoms with Crippen molar-refractivity contribution in [3.05, 3.63) is 36.5 Å². The lowest BCUT2D eigenvalue weighted by Gasteiger charge is -2.12. The fourth-order valence-electron chi connectivity index (χ4n) is 1.19. The molecule has 0 bridgehead atoms. The first-order valence-electron chi connectivity index (χ1n) is 4.65. The van der Waals surface area contributed by atoms with Crippen molar-refractivity contribution in [2.75, 3.05) is 0 Å². The molecule has 0 N–H and O–H groups in total. The van der Waals surface area contributed by atoms with Crippen LogP contribution in [0.25, 0.3) is 0 Å². The number of hydrogen-bond acceptors (Lipinski definition) is 4. The van der Waals surface area contributed by atoms with Gasteiger partial charge in [0.05, 0.1) is 11.1 Å². The molecule has 5 nitrogen and oxygen atoms in total. The van der Waals surface area contributed by atoms with Gasteiger partial charge in [-0.2, -0.15) is 0 Å². The highest BCUT2D eigenvalue weighted by Crippen LogP contribution is 2.22. The van der Waals surface area contributed by atoms with Crippen LogP contribution >= 0.6 is 0 Å². The predicted octanol–water partition coefficient (Wildman–Crippen LogP) is 0.892. The standard InChI is InChI=1S/C11H11NO4/c1-4-7-8(5-2)11(15)12(10(7)14)16-9(13)6-3/h4-5H,1-2,6H2,3H3. The Hall–Kier alpha value is -2.17. The highest BCUT2D eigenvalue weighted by molar-refractivity contribution is 6.21. The van der Waals surface area contributed by atoms with Crippen LogP contribution in [0, 0.1) is 0 Å². The SMILES string of the molecule is C=CC1=C(C=C)C(=O)N(OC(=O)CC)C1=O. The smallest absolute Gasteiger partial charge is 0.330 e. The van der Waals surface area contributed by atoms with E-state index in [0.717, 1.165) is 0 Å². The first-order valence-corrected chi connectivity index (χ1v) is 4.65. The average Bonchev–Trinajstić information content (AvgIpc) is 2.51. The molecular weight excluding hydrogens is 210 g/mol. The normalized spacial score (nSPS) is 15.4. The van der Waals surface area contributed by atoms with Crippen LogP contribution < -0.4 is 0 Å². The Kier molecular flexibility index (Phi) is 3.40. The van der Waals surface area contributed by atoms with Gasteiger partial charge in [-0.1, -0.05) is 37.3 Å². The lowest BCUT2D eigenvalue weighted by Crippen LogP contribution is -2.34. The zero-order chi connectivity index (χ0) is 12.3. The summed E-state index contributed by atoms with van der Waals surface area (Å²) in [4.78, 5) is 38.9. The number of hydrogen-bond donors (Lipinski definition) is 0. The molecule has 0 saturated carbocycles. The van der Waals surface area contributed by atoms with Crippen LogP contribution in [0.3, 0.4) is 0 Å². The van der Waals surface area contributed by atoms with Crippen molar-refractivity contribution in [3.63, 3.8) is 0 Å². The lowest BCUT2D eigenvalue weighted by molar-refractivity contribution is -0.196. The van der Waals surface area contributed by atoms with Crippen molar-refractivity contribution in [1.82, 2.24) is 5.06 Å². The molecule has 0 spiro atoms. The van der Waals surface area contributed by atoms with Gasteiger partial charge >= 0.3 is 5.97 Å². The zero-order valence-electron chi connectivity index (χ0n) is 8.86. The first kappa shape index (κ1) is 11.9. The van der Waals surface area contributed by atoms with Crippen LogP contribution in [0.1, 0.15) is 13.3 Å². The van der Waals surface area contributed by atoms with Crippen LogP contribution in [0.15, 0.2) is 36.5 Å². The molecule has 1 heterocycles. The third-order valence-electron chi connectivity index (χ3n) is 2.01. The molecular formula is C11H11NO4. The number of imide groups is 1. The molecule has 0 unspecified atom stereocenters. The minimum absolute atomic E-state index is 0.0733. The molecule has 0 fully saturated rings. The van der Waals surface area contributed by atoms with E-state index in [9.17, 15) is 14.4 Å². The van der Waals surface area contributed by atoms with Gasteiger partial charge in [-0.15, -0.1) is 0 Å². The van der Waals surface area contributed by atoms with Crippen LogP contribution in [-0.4, -0.2) is 22.8 Å². The van der Waals surface area contributed by atoms with Crippen molar-refractivity contribution >= 4 is 17.8 Å². The Labute approximate surface area is 92.6 Å². The lowest BCUT2D eigenvalue weighted by atomic mass is 10.1. The summed E-state index contributed by atoms with van der Waals surface area (Å²) < 4.78 is 0. The summed E-state index contributed by atoms with van der Waals surface area (Å²) >= 11 is 0. The molecule has 1 aliphatic heterocycles. The van der Waals surface area contributed by atoms with Gasteiger partial charge in [-0.25, -0.2) is 4.79 Å². The van der Waals surface area contributed by atoms with Gasteiger partial charge in [0, 0.05) is 6.42 Å². The quantitative estimate of drug-likeness (QED) is 0.661. The Morgan fingerprint density at radius 3 is 2.00 bits per heavy atom. The van der Waals surface area contributed by atoms with Gasteiger partial charge < -0.3 is 4.84 Å². The van der Waals surface area contributed by atoms with Crippen molar-refractivity contribution in [2.24, 2.45) is 0 Å². The molecule has 0 radical (unpaired) electrons. The van der Waals surface area contributed by atoms with E-state index >= 15 is 0 Å². The number of hydroxylamine groups is 2. The summed E-state index contributed by atoms with van der Waals surface area (Å²) in [5, 5.41) is 0.430. The predicted molar refractivity (Wildman–Crippen MR) is 55.7 cm³/mol. The number of nitrogens with zero attached hydrogens (tertiary/aromatic N) is 1. The molecule has 2 amide bonds. The van der Waals surface area contributed by atoms with E-state index in [2.05, 4.69) is 18.0 Å². The summed E-state index contributed by atoms with van der Waals surface area (Å²) in [6, 6.07) is 0. The molecule has 84 valence electrons. The second-order valence-corrected chi connectivity index (χ2v) is 2.96. The molecule has 0 saturated heterocycles. The maximum atomic E-state index is 11.6. The molecule has 0 aliphatic carbocycles. The molecule has 5 heteroatoms. The second kappa shape index (κ2) is 4.57. The third-order valence-corrected chi connectivity index (χ3v) is 2.01. The van der Waals surface area contributed by atoms with Crippen molar-refractivity contribution in [1.29, 1.82) is 0 Å². The van der Waals surface area contributed by atoms with E-state index in [1.54, 1.807) is 6.92 Å². The summed E-state index contributed by atoms with van der Waals surface area (Å²) in [5.74, 6) is -2.05. The molecule has 16 heavy (non-hydrogen) atoms. The van der Waals surface area contributed by atoms with E-state index < -0.39 is 17.8 Å². The van der Waals surface area contributed by atoms with E-state index in [4.69, 9.17) is 0 Å². The Balaban J connectivity index is 3.01. The number of carbonyl (C=O) groups excluding carboxylic acids is 3. The topological polar surface area (TPSA) is 63.7 Å². The highest BCUT2D eigenvalue weighted by Gasteiger charge is 2.38. The molecule has 0 aromatic rings. The molecule has 0 atom stereocenters. The third kappa shape index (κ3) is 1.79. The van der Waals surface area contributed by atoms with E-state index in [1.165, 1.54) is 12.2 Å². The molecule has 0 aromatic carbocycles. The largest absolute Gasteiger partial charge is 0.332 e. The molecule has 1 aliphatic rings. The van der Waals surface area contributed by atoms with Gasteiger partial charge in [0.2, 0.25) is 0 Å². The highest BCUT2D eigenvalue weighted by atomic mass is 16.7. The monoisotopic (exact) mass is 221 g/mol. The Morgan fingerprint density at radius 2 is 1.69 bits per heavy atom. The van der Waals surface area contributed by atoms with Crippen molar-refractivity contribution in [2.45, 2.75) is 13.3 Å². The van der Waals surface area contributed by atoms with Gasteiger partial charge in [0.15, 0.2) is 0 Å². The number of rotatable bonds is 4. The van der Waals surface area contributed by atoms with Crippen LogP contribution in [-0.2, 0) is 19.2 Å². The fourth-order valence-corrected chi connectivity index (χ4v) is 1.19. The second-order valence-electron chi connectivity index (χ2n) is 2.96. The van der Waals surface area contributed by atoms with E-state index in [0.29, 0.717) is 5.06 Å². The Morgan fingerprint density at radius 1 is 1.25 bits per heavy atom. The van der Waals surface area contributed by atoms with Gasteiger partial charge in [-0.3, -0.25) is 9.59 Å². The molecule has 1 rings (SSSR count). The summed E-state index contributed by atoms with van der Waals surface area (Å²) in [7, 11) is 0. The summed E-state index contributed by atoms with van der Waals surface area (Å²) in [6.07, 6.45) is 2.54. The van der Waals surface area contributed by atoms with E-state index in [-0.39, 0.29) is 17.6 Å². The number of carbonyl (C=O) groups is 3.